The van der Waals surface area contributed by atoms with Gasteiger partial charge in [-0.05, 0) is 69.0 Å². The second-order valence-electron chi connectivity index (χ2n) is 7.82. The molecule has 0 amide bonds. The number of aromatic nitrogens is 2. The quantitative estimate of drug-likeness (QED) is 0.904. The lowest BCUT2D eigenvalue weighted by molar-refractivity contribution is -0.0902. The zero-order valence-corrected chi connectivity index (χ0v) is 15.4. The molecule has 1 heterocycles. The predicted octanol–water partition coefficient (Wildman–Crippen LogP) is 3.91. The van der Waals surface area contributed by atoms with Crippen LogP contribution in [0.15, 0.2) is 36.0 Å². The third-order valence-corrected chi connectivity index (χ3v) is 6.00. The summed E-state index contributed by atoms with van der Waals surface area (Å²) in [6.07, 6.45) is 6.39. The van der Waals surface area contributed by atoms with Crippen molar-refractivity contribution in [2.45, 2.75) is 58.3 Å². The van der Waals surface area contributed by atoms with E-state index in [1.165, 1.54) is 23.3 Å². The molecule has 4 nitrogen and oxygen atoms in total. The predicted molar refractivity (Wildman–Crippen MR) is 98.6 cm³/mol. The minimum Gasteiger partial charge on any atom is -0.391 e. The standard InChI is InChI=1S/C21H25FN2O2/c1-13(25)14(2)26-20-9-4-16-10-19-15(11-21(16,20)3)12-23-24(19)18-7-5-17(22)6-8-18/h5-8,10,12-14,20,25H,4,9,11H2,1-3H3/t13-,14+,20+,21+/m1/s1. The van der Waals surface area contributed by atoms with Crippen molar-refractivity contribution in [1.29, 1.82) is 0 Å². The Bertz CT molecular complexity index is 840. The zero-order valence-electron chi connectivity index (χ0n) is 15.4. The second kappa shape index (κ2) is 6.32. The highest BCUT2D eigenvalue weighted by Gasteiger charge is 2.47. The molecule has 5 heteroatoms. The lowest BCUT2D eigenvalue weighted by atomic mass is 9.73. The van der Waals surface area contributed by atoms with Crippen LogP contribution in [0.2, 0.25) is 0 Å². The van der Waals surface area contributed by atoms with Crippen LogP contribution >= 0.6 is 0 Å². The van der Waals surface area contributed by atoms with Gasteiger partial charge in [-0.3, -0.25) is 0 Å². The number of halogens is 1. The fourth-order valence-electron chi connectivity index (χ4n) is 4.18. The molecule has 0 saturated heterocycles. The number of nitrogens with zero attached hydrogens (tertiary/aromatic N) is 2. The first kappa shape index (κ1) is 17.4. The minimum absolute atomic E-state index is 0.0627. The van der Waals surface area contributed by atoms with Gasteiger partial charge in [0.25, 0.3) is 0 Å². The smallest absolute Gasteiger partial charge is 0.123 e. The van der Waals surface area contributed by atoms with E-state index in [0.29, 0.717) is 0 Å². The van der Waals surface area contributed by atoms with Crippen LogP contribution in [0.3, 0.4) is 0 Å². The molecular weight excluding hydrogens is 331 g/mol. The summed E-state index contributed by atoms with van der Waals surface area (Å²) in [5.74, 6) is -0.247. The van der Waals surface area contributed by atoms with Gasteiger partial charge >= 0.3 is 0 Å². The normalized spacial score (nSPS) is 26.8. The molecule has 1 aromatic heterocycles. The van der Waals surface area contributed by atoms with Crippen LogP contribution in [0.25, 0.3) is 11.8 Å². The third-order valence-electron chi connectivity index (χ3n) is 6.00. The lowest BCUT2D eigenvalue weighted by Crippen LogP contribution is -2.38. The molecule has 1 aromatic carbocycles. The van der Waals surface area contributed by atoms with E-state index in [2.05, 4.69) is 18.1 Å². The van der Waals surface area contributed by atoms with Crippen LogP contribution in [-0.2, 0) is 11.2 Å². The van der Waals surface area contributed by atoms with Crippen LogP contribution in [-0.4, -0.2) is 33.2 Å². The number of rotatable bonds is 4. The Morgan fingerprint density at radius 3 is 2.73 bits per heavy atom. The number of hydrogen-bond donors (Lipinski definition) is 1. The van der Waals surface area contributed by atoms with Gasteiger partial charge in [0.1, 0.15) is 5.82 Å². The van der Waals surface area contributed by atoms with Crippen molar-refractivity contribution >= 4 is 6.08 Å². The molecule has 1 saturated carbocycles. The Morgan fingerprint density at radius 1 is 1.31 bits per heavy atom. The fraction of sp³-hybridized carbons (Fsp3) is 0.476. The molecule has 2 aliphatic carbocycles. The topological polar surface area (TPSA) is 47.3 Å². The van der Waals surface area contributed by atoms with Crippen LogP contribution in [0.5, 0.6) is 0 Å². The van der Waals surface area contributed by atoms with Gasteiger partial charge in [-0.1, -0.05) is 12.5 Å². The number of benzene rings is 1. The van der Waals surface area contributed by atoms with Crippen LogP contribution < -0.4 is 0 Å². The maximum atomic E-state index is 13.2. The van der Waals surface area contributed by atoms with Crippen LogP contribution in [0.1, 0.15) is 44.9 Å². The summed E-state index contributed by atoms with van der Waals surface area (Å²) in [6.45, 7) is 5.95. The Morgan fingerprint density at radius 2 is 2.04 bits per heavy atom. The fourth-order valence-corrected chi connectivity index (χ4v) is 4.18. The molecule has 0 bridgehead atoms. The van der Waals surface area contributed by atoms with Crippen molar-refractivity contribution in [3.63, 3.8) is 0 Å². The molecule has 1 fully saturated rings. The second-order valence-corrected chi connectivity index (χ2v) is 7.82. The highest BCUT2D eigenvalue weighted by Crippen LogP contribution is 2.51. The molecule has 4 atom stereocenters. The van der Waals surface area contributed by atoms with Gasteiger partial charge in [0.2, 0.25) is 0 Å². The van der Waals surface area contributed by atoms with E-state index in [1.54, 1.807) is 19.1 Å². The maximum absolute atomic E-state index is 13.2. The van der Waals surface area contributed by atoms with Crippen molar-refractivity contribution in [2.24, 2.45) is 5.41 Å². The molecule has 2 aliphatic rings. The summed E-state index contributed by atoms with van der Waals surface area (Å²) in [6, 6.07) is 6.42. The minimum atomic E-state index is -0.480. The van der Waals surface area contributed by atoms with E-state index >= 15 is 0 Å². The van der Waals surface area contributed by atoms with E-state index in [-0.39, 0.29) is 23.4 Å². The third kappa shape index (κ3) is 2.79. The highest BCUT2D eigenvalue weighted by atomic mass is 19.1. The summed E-state index contributed by atoms with van der Waals surface area (Å²) in [7, 11) is 0. The summed E-state index contributed by atoms with van der Waals surface area (Å²) in [4.78, 5) is 0. The van der Waals surface area contributed by atoms with E-state index < -0.39 is 6.10 Å². The average molecular weight is 356 g/mol. The van der Waals surface area contributed by atoms with Gasteiger partial charge in [-0.25, -0.2) is 9.07 Å². The number of fused-ring (bicyclic) bond motifs is 2. The number of aliphatic hydroxyl groups excluding tert-OH is 1. The summed E-state index contributed by atoms with van der Waals surface area (Å²) in [5, 5.41) is 14.3. The van der Waals surface area contributed by atoms with Gasteiger partial charge < -0.3 is 9.84 Å². The Kier molecular flexibility index (Phi) is 4.24. The van der Waals surface area contributed by atoms with Gasteiger partial charge in [0.15, 0.2) is 0 Å². The Hall–Kier alpha value is -1.98. The van der Waals surface area contributed by atoms with Crippen LogP contribution in [0, 0.1) is 11.2 Å². The van der Waals surface area contributed by atoms with E-state index in [1.807, 2.05) is 17.8 Å². The first-order chi connectivity index (χ1) is 12.4. The van der Waals surface area contributed by atoms with Gasteiger partial charge in [-0.2, -0.15) is 5.10 Å². The van der Waals surface area contributed by atoms with Crippen molar-refractivity contribution in [2.75, 3.05) is 0 Å². The molecular formula is C21H25FN2O2. The molecule has 1 N–H and O–H groups in total. The van der Waals surface area contributed by atoms with Crippen LogP contribution in [0.4, 0.5) is 4.39 Å². The van der Waals surface area contributed by atoms with E-state index in [4.69, 9.17) is 4.74 Å². The van der Waals surface area contributed by atoms with Crippen molar-refractivity contribution in [3.05, 3.63) is 53.1 Å². The van der Waals surface area contributed by atoms with Gasteiger partial charge in [0, 0.05) is 5.41 Å². The molecule has 0 radical (unpaired) electrons. The summed E-state index contributed by atoms with van der Waals surface area (Å²) >= 11 is 0. The molecule has 138 valence electrons. The SMILES string of the molecule is C[C@H](O[C@H]1CCC2=Cc3c(cnn3-c3ccc(F)cc3)C[C@@]21C)[C@@H](C)O. The number of aliphatic hydroxyl groups is 1. The van der Waals surface area contributed by atoms with E-state index in [9.17, 15) is 9.50 Å². The first-order valence-electron chi connectivity index (χ1n) is 9.26. The van der Waals surface area contributed by atoms with Gasteiger partial charge in [0.05, 0.1) is 35.9 Å². The van der Waals surface area contributed by atoms with Crippen molar-refractivity contribution in [1.82, 2.24) is 9.78 Å². The molecule has 0 unspecified atom stereocenters. The molecule has 0 spiro atoms. The number of hydrogen-bond acceptors (Lipinski definition) is 3. The largest absolute Gasteiger partial charge is 0.391 e. The summed E-state index contributed by atoms with van der Waals surface area (Å²) < 4.78 is 21.3. The summed E-state index contributed by atoms with van der Waals surface area (Å²) in [5.41, 5.74) is 4.43. The Labute approximate surface area is 153 Å². The van der Waals surface area contributed by atoms with Gasteiger partial charge in [-0.15, -0.1) is 0 Å². The molecule has 4 rings (SSSR count). The first-order valence-corrected chi connectivity index (χ1v) is 9.26. The van der Waals surface area contributed by atoms with Crippen molar-refractivity contribution < 1.29 is 14.2 Å². The molecule has 0 aliphatic heterocycles. The zero-order chi connectivity index (χ0) is 18.5. The van der Waals surface area contributed by atoms with Crippen molar-refractivity contribution in [3.8, 4) is 5.69 Å². The van der Waals surface area contributed by atoms with E-state index in [0.717, 1.165) is 30.6 Å². The Balaban J connectivity index is 1.65. The average Bonchev–Trinajstić information content (AvgIpc) is 3.14. The maximum Gasteiger partial charge on any atom is 0.123 e. The molecule has 26 heavy (non-hydrogen) atoms. The number of ether oxygens (including phenoxy) is 1. The lowest BCUT2D eigenvalue weighted by Gasteiger charge is -2.37. The monoisotopic (exact) mass is 356 g/mol. The molecule has 2 aromatic rings. The highest BCUT2D eigenvalue weighted by molar-refractivity contribution is 5.62.